The van der Waals surface area contributed by atoms with Crippen LogP contribution in [0.5, 0.6) is 0 Å². The Balaban J connectivity index is 1.88. The molecule has 3 aromatic carbocycles. The first-order valence-corrected chi connectivity index (χ1v) is 10.6. The molecule has 30 heavy (non-hydrogen) atoms. The van der Waals surface area contributed by atoms with Crippen LogP contribution in [0.2, 0.25) is 0 Å². The summed E-state index contributed by atoms with van der Waals surface area (Å²) in [5, 5.41) is 2.67. The third kappa shape index (κ3) is 4.83. The first kappa shape index (κ1) is 21.4. The maximum atomic E-state index is 14.4. The lowest BCUT2D eigenvalue weighted by molar-refractivity contribution is -0.120. The number of rotatable bonds is 7. The molecule has 0 aromatic heterocycles. The molecule has 3 rings (SSSR count). The standard InChI is InChI=1S/C22H20F2N2O3S/c1-16(17-11-13-18(23)14-12-17)25-22(27)15-26(21-10-6-5-9-20(21)24)30(28,29)19-7-3-2-4-8-19/h2-14,16H,15H2,1H3,(H,25,27)/t16-/m0/s1. The van der Waals surface area contributed by atoms with E-state index in [0.717, 1.165) is 10.4 Å². The average Bonchev–Trinajstić information content (AvgIpc) is 2.73. The molecule has 0 saturated carbocycles. The Labute approximate surface area is 174 Å². The molecule has 5 nitrogen and oxygen atoms in total. The van der Waals surface area contributed by atoms with Gasteiger partial charge in [-0.25, -0.2) is 17.2 Å². The molecule has 0 aliphatic heterocycles. The van der Waals surface area contributed by atoms with Crippen molar-refractivity contribution in [2.24, 2.45) is 0 Å². The number of para-hydroxylation sites is 1. The van der Waals surface area contributed by atoms with Gasteiger partial charge in [0.15, 0.2) is 0 Å². The van der Waals surface area contributed by atoms with Crippen LogP contribution in [0.4, 0.5) is 14.5 Å². The fraction of sp³-hybridized carbons (Fsp3) is 0.136. The minimum absolute atomic E-state index is 0.0624. The summed E-state index contributed by atoms with van der Waals surface area (Å²) in [6.45, 7) is 1.06. The van der Waals surface area contributed by atoms with Gasteiger partial charge in [0.2, 0.25) is 5.91 Å². The molecule has 3 aromatic rings. The lowest BCUT2D eigenvalue weighted by Gasteiger charge is -2.25. The summed E-state index contributed by atoms with van der Waals surface area (Å²) in [6.07, 6.45) is 0. The minimum Gasteiger partial charge on any atom is -0.348 e. The summed E-state index contributed by atoms with van der Waals surface area (Å²) in [5.74, 6) is -1.80. The van der Waals surface area contributed by atoms with Crippen molar-refractivity contribution in [3.63, 3.8) is 0 Å². The van der Waals surface area contributed by atoms with Crippen LogP contribution in [0.15, 0.2) is 83.8 Å². The van der Waals surface area contributed by atoms with Gasteiger partial charge in [-0.05, 0) is 48.9 Å². The summed E-state index contributed by atoms with van der Waals surface area (Å²) in [5.41, 5.74) is 0.416. The number of nitrogens with one attached hydrogen (secondary N) is 1. The molecule has 0 radical (unpaired) electrons. The van der Waals surface area contributed by atoms with E-state index in [4.69, 9.17) is 0 Å². The van der Waals surface area contributed by atoms with Crippen molar-refractivity contribution >= 4 is 21.6 Å². The molecule has 0 saturated heterocycles. The smallest absolute Gasteiger partial charge is 0.264 e. The largest absolute Gasteiger partial charge is 0.348 e. The summed E-state index contributed by atoms with van der Waals surface area (Å²) < 4.78 is 54.6. The summed E-state index contributed by atoms with van der Waals surface area (Å²) >= 11 is 0. The molecule has 8 heteroatoms. The zero-order valence-corrected chi connectivity index (χ0v) is 16.9. The van der Waals surface area contributed by atoms with Gasteiger partial charge in [-0.3, -0.25) is 9.10 Å². The van der Waals surface area contributed by atoms with Crippen molar-refractivity contribution in [3.05, 3.63) is 96.1 Å². The lowest BCUT2D eigenvalue weighted by atomic mass is 10.1. The van der Waals surface area contributed by atoms with Crippen molar-refractivity contribution in [1.82, 2.24) is 5.32 Å². The van der Waals surface area contributed by atoms with Gasteiger partial charge in [0.1, 0.15) is 18.2 Å². The second kappa shape index (κ2) is 9.04. The number of hydrogen-bond acceptors (Lipinski definition) is 3. The molecule has 0 unspecified atom stereocenters. The predicted octanol–water partition coefficient (Wildman–Crippen LogP) is 4.04. The Morgan fingerprint density at radius 3 is 2.17 bits per heavy atom. The van der Waals surface area contributed by atoms with Crippen molar-refractivity contribution in [3.8, 4) is 0 Å². The number of nitrogens with zero attached hydrogens (tertiary/aromatic N) is 1. The van der Waals surface area contributed by atoms with Crippen molar-refractivity contribution in [1.29, 1.82) is 0 Å². The van der Waals surface area contributed by atoms with Crippen LogP contribution in [0.3, 0.4) is 0 Å². The molecule has 0 bridgehead atoms. The first-order chi connectivity index (χ1) is 14.3. The van der Waals surface area contributed by atoms with Gasteiger partial charge in [0.05, 0.1) is 16.6 Å². The van der Waals surface area contributed by atoms with E-state index in [-0.39, 0.29) is 10.6 Å². The SMILES string of the molecule is C[C@H](NC(=O)CN(c1ccccc1F)S(=O)(=O)c1ccccc1)c1ccc(F)cc1. The van der Waals surface area contributed by atoms with Gasteiger partial charge in [-0.1, -0.05) is 42.5 Å². The molecule has 1 amide bonds. The van der Waals surface area contributed by atoms with E-state index in [1.807, 2.05) is 0 Å². The molecule has 0 heterocycles. The van der Waals surface area contributed by atoms with E-state index in [9.17, 15) is 22.0 Å². The number of hydrogen-bond donors (Lipinski definition) is 1. The van der Waals surface area contributed by atoms with Crippen molar-refractivity contribution in [2.75, 3.05) is 10.8 Å². The highest BCUT2D eigenvalue weighted by Crippen LogP contribution is 2.26. The highest BCUT2D eigenvalue weighted by molar-refractivity contribution is 7.92. The lowest BCUT2D eigenvalue weighted by Crippen LogP contribution is -2.42. The zero-order valence-electron chi connectivity index (χ0n) is 16.1. The summed E-state index contributed by atoms with van der Waals surface area (Å²) in [7, 11) is -4.19. The molecule has 0 spiro atoms. The van der Waals surface area contributed by atoms with E-state index in [2.05, 4.69) is 5.32 Å². The molecule has 0 fully saturated rings. The van der Waals surface area contributed by atoms with E-state index in [1.54, 1.807) is 25.1 Å². The number of carbonyl (C=O) groups excluding carboxylic acids is 1. The maximum absolute atomic E-state index is 14.4. The molecule has 1 N–H and O–H groups in total. The molecular weight excluding hydrogens is 410 g/mol. The number of carbonyl (C=O) groups is 1. The predicted molar refractivity (Wildman–Crippen MR) is 110 cm³/mol. The van der Waals surface area contributed by atoms with Crippen molar-refractivity contribution < 1.29 is 22.0 Å². The second-order valence-corrected chi connectivity index (χ2v) is 8.48. The van der Waals surface area contributed by atoms with Gasteiger partial charge in [-0.2, -0.15) is 0 Å². The zero-order chi connectivity index (χ0) is 21.7. The van der Waals surface area contributed by atoms with Crippen molar-refractivity contribution in [2.45, 2.75) is 17.9 Å². The number of anilines is 1. The van der Waals surface area contributed by atoms with Gasteiger partial charge in [-0.15, -0.1) is 0 Å². The normalized spacial score (nSPS) is 12.2. The number of halogens is 2. The quantitative estimate of drug-likeness (QED) is 0.615. The van der Waals surface area contributed by atoms with Crippen LogP contribution >= 0.6 is 0 Å². The van der Waals surface area contributed by atoms with Crippen LogP contribution in [0.1, 0.15) is 18.5 Å². The third-order valence-electron chi connectivity index (χ3n) is 4.49. The van der Waals surface area contributed by atoms with E-state index >= 15 is 0 Å². The Kier molecular flexibility index (Phi) is 6.47. The van der Waals surface area contributed by atoms with Gasteiger partial charge >= 0.3 is 0 Å². The monoisotopic (exact) mass is 430 g/mol. The number of amides is 1. The van der Waals surface area contributed by atoms with Crippen LogP contribution < -0.4 is 9.62 Å². The molecule has 0 aliphatic rings. The number of sulfonamides is 1. The fourth-order valence-corrected chi connectivity index (χ4v) is 4.38. The molecule has 0 aliphatic carbocycles. The summed E-state index contributed by atoms with van der Waals surface area (Å²) in [4.78, 5) is 12.6. The molecule has 156 valence electrons. The first-order valence-electron chi connectivity index (χ1n) is 9.16. The Morgan fingerprint density at radius 2 is 1.53 bits per heavy atom. The third-order valence-corrected chi connectivity index (χ3v) is 6.26. The topological polar surface area (TPSA) is 66.5 Å². The van der Waals surface area contributed by atoms with Gasteiger partial charge in [0.25, 0.3) is 10.0 Å². The Hall–Kier alpha value is -3.26. The average molecular weight is 430 g/mol. The van der Waals surface area contributed by atoms with Gasteiger partial charge < -0.3 is 5.32 Å². The minimum atomic E-state index is -4.19. The Bertz CT molecular complexity index is 1120. The highest BCUT2D eigenvalue weighted by Gasteiger charge is 2.29. The van der Waals surface area contributed by atoms with Crippen LogP contribution in [-0.2, 0) is 14.8 Å². The number of benzene rings is 3. The fourth-order valence-electron chi connectivity index (χ4n) is 2.93. The second-order valence-electron chi connectivity index (χ2n) is 6.62. The van der Waals surface area contributed by atoms with Crippen LogP contribution in [-0.4, -0.2) is 20.9 Å². The Morgan fingerprint density at radius 1 is 0.933 bits per heavy atom. The van der Waals surface area contributed by atoms with Crippen LogP contribution in [0.25, 0.3) is 0 Å². The highest BCUT2D eigenvalue weighted by atomic mass is 32.2. The van der Waals surface area contributed by atoms with E-state index in [1.165, 1.54) is 54.6 Å². The van der Waals surface area contributed by atoms with Gasteiger partial charge in [0, 0.05) is 0 Å². The van der Waals surface area contributed by atoms with E-state index in [0.29, 0.717) is 5.56 Å². The van der Waals surface area contributed by atoms with Crippen LogP contribution in [0, 0.1) is 11.6 Å². The molecular formula is C22H20F2N2O3S. The molecule has 1 atom stereocenters. The summed E-state index contributed by atoms with van der Waals surface area (Å²) in [6, 6.07) is 17.9. The van der Waals surface area contributed by atoms with E-state index < -0.39 is 40.2 Å². The maximum Gasteiger partial charge on any atom is 0.264 e.